The van der Waals surface area contributed by atoms with Crippen molar-refractivity contribution in [1.82, 2.24) is 9.97 Å². The zero-order chi connectivity index (χ0) is 15.0. The van der Waals surface area contributed by atoms with Crippen LogP contribution in [-0.4, -0.2) is 42.1 Å². The number of hydrogen-bond donors (Lipinski definition) is 0. The van der Waals surface area contributed by atoms with Gasteiger partial charge in [0.05, 0.1) is 12.5 Å². The Labute approximate surface area is 121 Å². The smallest absolute Gasteiger partial charge is 0.357 e. The van der Waals surface area contributed by atoms with Crippen LogP contribution in [0.2, 0.25) is 0 Å². The van der Waals surface area contributed by atoms with Gasteiger partial charge in [-0.25, -0.2) is 23.5 Å². The zero-order valence-corrected chi connectivity index (χ0v) is 11.8. The second-order valence-corrected chi connectivity index (χ2v) is 5.46. The average molecular weight is 297 g/mol. The first-order chi connectivity index (χ1) is 10.1. The molecule has 0 amide bonds. The third kappa shape index (κ3) is 2.96. The third-order valence-electron chi connectivity index (χ3n) is 3.75. The summed E-state index contributed by atoms with van der Waals surface area (Å²) in [4.78, 5) is 22.3. The number of aromatic nitrogens is 2. The molecule has 1 aromatic rings. The number of rotatable bonds is 5. The molecule has 0 unspecified atom stereocenters. The fourth-order valence-corrected chi connectivity index (χ4v) is 2.31. The normalized spacial score (nSPS) is 18.8. The predicted molar refractivity (Wildman–Crippen MR) is 71.7 cm³/mol. The second kappa shape index (κ2) is 5.54. The van der Waals surface area contributed by atoms with Crippen LogP contribution in [0, 0.1) is 5.92 Å². The lowest BCUT2D eigenvalue weighted by atomic mass is 10.0. The van der Waals surface area contributed by atoms with Crippen molar-refractivity contribution >= 4 is 11.8 Å². The fraction of sp³-hybridized carbons (Fsp3) is 0.643. The SMILES string of the molecule is CCOC(=O)c1cc(N2CC(C(F)F)C2)nc(C2CC2)n1. The van der Waals surface area contributed by atoms with Crippen molar-refractivity contribution in [2.45, 2.75) is 32.1 Å². The van der Waals surface area contributed by atoms with Gasteiger partial charge in [-0.15, -0.1) is 0 Å². The molecule has 1 aliphatic heterocycles. The molecule has 114 valence electrons. The largest absolute Gasteiger partial charge is 0.461 e. The fourth-order valence-electron chi connectivity index (χ4n) is 2.31. The second-order valence-electron chi connectivity index (χ2n) is 5.46. The molecule has 1 aliphatic carbocycles. The Morgan fingerprint density at radius 2 is 2.14 bits per heavy atom. The Kier molecular flexibility index (Phi) is 3.73. The molecule has 0 atom stereocenters. The molecule has 2 heterocycles. The van der Waals surface area contributed by atoms with E-state index in [2.05, 4.69) is 9.97 Å². The number of hydrogen-bond acceptors (Lipinski definition) is 5. The van der Waals surface area contributed by atoms with Crippen LogP contribution >= 0.6 is 0 Å². The predicted octanol–water partition coefficient (Wildman–Crippen LogP) is 2.23. The van der Waals surface area contributed by atoms with E-state index >= 15 is 0 Å². The Morgan fingerprint density at radius 3 is 2.71 bits per heavy atom. The molecule has 1 aromatic heterocycles. The van der Waals surface area contributed by atoms with Crippen molar-refractivity contribution < 1.29 is 18.3 Å². The number of carbonyl (C=O) groups excluding carboxylic acids is 1. The molecule has 0 bridgehead atoms. The molecule has 3 rings (SSSR count). The molecule has 0 N–H and O–H groups in total. The topological polar surface area (TPSA) is 55.3 Å². The Bertz CT molecular complexity index is 543. The monoisotopic (exact) mass is 297 g/mol. The molecule has 21 heavy (non-hydrogen) atoms. The lowest BCUT2D eigenvalue weighted by molar-refractivity contribution is 0.0516. The molecule has 2 fully saturated rings. The molecule has 1 saturated carbocycles. The molecule has 0 aromatic carbocycles. The molecule has 2 aliphatic rings. The Morgan fingerprint density at radius 1 is 1.43 bits per heavy atom. The number of esters is 1. The summed E-state index contributed by atoms with van der Waals surface area (Å²) in [6.45, 7) is 2.53. The highest BCUT2D eigenvalue weighted by atomic mass is 19.3. The van der Waals surface area contributed by atoms with E-state index in [1.165, 1.54) is 6.07 Å². The van der Waals surface area contributed by atoms with E-state index in [4.69, 9.17) is 4.74 Å². The minimum atomic E-state index is -2.31. The number of nitrogens with zero attached hydrogens (tertiary/aromatic N) is 3. The van der Waals surface area contributed by atoms with Crippen LogP contribution in [-0.2, 0) is 4.74 Å². The zero-order valence-electron chi connectivity index (χ0n) is 11.8. The van der Waals surface area contributed by atoms with Crippen LogP contribution in [0.25, 0.3) is 0 Å². The minimum absolute atomic E-state index is 0.212. The maximum Gasteiger partial charge on any atom is 0.357 e. The number of halogens is 2. The Balaban J connectivity index is 1.81. The van der Waals surface area contributed by atoms with E-state index in [0.717, 1.165) is 12.8 Å². The molecule has 7 heteroatoms. The quantitative estimate of drug-likeness (QED) is 0.780. The van der Waals surface area contributed by atoms with Crippen LogP contribution in [0.4, 0.5) is 14.6 Å². The van der Waals surface area contributed by atoms with Crippen LogP contribution < -0.4 is 4.90 Å². The van der Waals surface area contributed by atoms with Crippen LogP contribution in [0.15, 0.2) is 6.07 Å². The van der Waals surface area contributed by atoms with Crippen molar-refractivity contribution in [1.29, 1.82) is 0 Å². The minimum Gasteiger partial charge on any atom is -0.461 e. The van der Waals surface area contributed by atoms with Gasteiger partial charge < -0.3 is 9.64 Å². The maximum atomic E-state index is 12.6. The lowest BCUT2D eigenvalue weighted by Crippen LogP contribution is -2.50. The van der Waals surface area contributed by atoms with E-state index < -0.39 is 18.3 Å². The van der Waals surface area contributed by atoms with Gasteiger partial charge in [0.1, 0.15) is 11.6 Å². The van der Waals surface area contributed by atoms with E-state index in [-0.39, 0.29) is 31.3 Å². The van der Waals surface area contributed by atoms with Gasteiger partial charge in [-0.3, -0.25) is 0 Å². The molecular formula is C14H17F2N3O2. The summed E-state index contributed by atoms with van der Waals surface area (Å²) < 4.78 is 30.1. The highest BCUT2D eigenvalue weighted by Crippen LogP contribution is 2.39. The van der Waals surface area contributed by atoms with Gasteiger partial charge in [-0.05, 0) is 19.8 Å². The molecule has 0 radical (unpaired) electrons. The molecule has 5 nitrogen and oxygen atoms in total. The summed E-state index contributed by atoms with van der Waals surface area (Å²) in [5, 5.41) is 0. The van der Waals surface area contributed by atoms with Crippen LogP contribution in [0.1, 0.15) is 42.0 Å². The number of alkyl halides is 2. The van der Waals surface area contributed by atoms with Gasteiger partial charge in [-0.2, -0.15) is 0 Å². The van der Waals surface area contributed by atoms with Crippen molar-refractivity contribution in [3.8, 4) is 0 Å². The van der Waals surface area contributed by atoms with Crippen molar-refractivity contribution in [2.24, 2.45) is 5.92 Å². The first-order valence-electron chi connectivity index (χ1n) is 7.17. The van der Waals surface area contributed by atoms with Gasteiger partial charge in [0.25, 0.3) is 0 Å². The summed E-state index contributed by atoms with van der Waals surface area (Å²) >= 11 is 0. The van der Waals surface area contributed by atoms with E-state index in [0.29, 0.717) is 11.6 Å². The first-order valence-corrected chi connectivity index (χ1v) is 7.17. The molecule has 1 saturated heterocycles. The highest BCUT2D eigenvalue weighted by molar-refractivity contribution is 5.88. The van der Waals surface area contributed by atoms with Gasteiger partial charge in [0.15, 0.2) is 5.69 Å². The van der Waals surface area contributed by atoms with Crippen molar-refractivity contribution in [3.63, 3.8) is 0 Å². The van der Waals surface area contributed by atoms with E-state index in [1.54, 1.807) is 11.8 Å². The number of ether oxygens (including phenoxy) is 1. The summed E-state index contributed by atoms with van der Waals surface area (Å²) in [6.07, 6.45) is -0.299. The number of carbonyl (C=O) groups is 1. The molecule has 0 spiro atoms. The lowest BCUT2D eigenvalue weighted by Gasteiger charge is -2.39. The highest BCUT2D eigenvalue weighted by Gasteiger charge is 2.36. The van der Waals surface area contributed by atoms with Crippen LogP contribution in [0.5, 0.6) is 0 Å². The van der Waals surface area contributed by atoms with Crippen molar-refractivity contribution in [3.05, 3.63) is 17.6 Å². The Hall–Kier alpha value is -1.79. The van der Waals surface area contributed by atoms with E-state index in [9.17, 15) is 13.6 Å². The standard InChI is InChI=1S/C14H17F2N3O2/c1-2-21-14(20)10-5-11(18-13(17-10)8-3-4-8)19-6-9(7-19)12(15)16/h5,8-9,12H,2-4,6-7H2,1H3. The van der Waals surface area contributed by atoms with Crippen molar-refractivity contribution in [2.75, 3.05) is 24.6 Å². The molecular weight excluding hydrogens is 280 g/mol. The summed E-state index contributed by atoms with van der Waals surface area (Å²) in [6, 6.07) is 1.53. The van der Waals surface area contributed by atoms with Gasteiger partial charge in [0, 0.05) is 25.1 Å². The average Bonchev–Trinajstić information content (AvgIpc) is 3.20. The maximum absolute atomic E-state index is 12.6. The summed E-state index contributed by atoms with van der Waals surface area (Å²) in [7, 11) is 0. The first kappa shape index (κ1) is 14.2. The summed E-state index contributed by atoms with van der Waals surface area (Å²) in [5.41, 5.74) is 0.212. The van der Waals surface area contributed by atoms with E-state index in [1.807, 2.05) is 0 Å². The summed E-state index contributed by atoms with van der Waals surface area (Å²) in [5.74, 6) is 0.345. The van der Waals surface area contributed by atoms with Gasteiger partial charge in [0.2, 0.25) is 6.43 Å². The van der Waals surface area contributed by atoms with Gasteiger partial charge in [-0.1, -0.05) is 0 Å². The third-order valence-corrected chi connectivity index (χ3v) is 3.75. The van der Waals surface area contributed by atoms with Crippen LogP contribution in [0.3, 0.4) is 0 Å². The number of anilines is 1. The van der Waals surface area contributed by atoms with Gasteiger partial charge >= 0.3 is 5.97 Å².